The van der Waals surface area contributed by atoms with E-state index >= 15 is 0 Å². The molecule has 5 nitrogen and oxygen atoms in total. The number of hydrogen-bond acceptors (Lipinski definition) is 4. The molecular formula is C16H13N5. The number of aromatic nitrogens is 5. The van der Waals surface area contributed by atoms with Crippen LogP contribution in [0.5, 0.6) is 0 Å². The zero-order chi connectivity index (χ0) is 14.2. The lowest BCUT2D eigenvalue weighted by molar-refractivity contribution is 0.556. The van der Waals surface area contributed by atoms with Gasteiger partial charge in [-0.25, -0.2) is 9.67 Å². The minimum absolute atomic E-state index is 0.0644. The van der Waals surface area contributed by atoms with Crippen molar-refractivity contribution in [2.24, 2.45) is 0 Å². The fourth-order valence-electron chi connectivity index (χ4n) is 2.54. The molecule has 0 N–H and O–H groups in total. The first-order valence-electron chi connectivity index (χ1n) is 6.83. The van der Waals surface area contributed by atoms with Gasteiger partial charge in [0.1, 0.15) is 5.52 Å². The molecule has 4 rings (SSSR count). The second-order valence-electron chi connectivity index (χ2n) is 5.01. The quantitative estimate of drug-likeness (QED) is 0.564. The van der Waals surface area contributed by atoms with Gasteiger partial charge in [0.05, 0.1) is 11.6 Å². The van der Waals surface area contributed by atoms with Gasteiger partial charge in [-0.05, 0) is 42.8 Å². The Labute approximate surface area is 121 Å². The third kappa shape index (κ3) is 1.94. The van der Waals surface area contributed by atoms with E-state index in [1.165, 1.54) is 0 Å². The second kappa shape index (κ2) is 4.63. The first-order valence-corrected chi connectivity index (χ1v) is 6.83. The number of benzene rings is 1. The molecule has 0 bridgehead atoms. The molecule has 0 saturated carbocycles. The fourth-order valence-corrected chi connectivity index (χ4v) is 2.54. The maximum atomic E-state index is 4.38. The SMILES string of the molecule is CC(c1ccc2ncccc2c1)n1nnc2cccnc21. The van der Waals surface area contributed by atoms with Gasteiger partial charge in [0.2, 0.25) is 0 Å². The van der Waals surface area contributed by atoms with E-state index in [9.17, 15) is 0 Å². The van der Waals surface area contributed by atoms with Crippen LogP contribution in [0.15, 0.2) is 54.9 Å². The summed E-state index contributed by atoms with van der Waals surface area (Å²) in [5.41, 5.74) is 3.77. The third-order valence-electron chi connectivity index (χ3n) is 3.71. The third-order valence-corrected chi connectivity index (χ3v) is 3.71. The summed E-state index contributed by atoms with van der Waals surface area (Å²) < 4.78 is 1.85. The highest BCUT2D eigenvalue weighted by molar-refractivity contribution is 5.79. The number of nitrogens with zero attached hydrogens (tertiary/aromatic N) is 5. The van der Waals surface area contributed by atoms with Crippen molar-refractivity contribution in [1.29, 1.82) is 0 Å². The summed E-state index contributed by atoms with van der Waals surface area (Å²) >= 11 is 0. The largest absolute Gasteiger partial charge is 0.256 e. The molecule has 1 atom stereocenters. The molecule has 0 fully saturated rings. The van der Waals surface area contributed by atoms with E-state index in [-0.39, 0.29) is 6.04 Å². The molecule has 4 aromatic rings. The zero-order valence-electron chi connectivity index (χ0n) is 11.5. The van der Waals surface area contributed by atoms with Crippen LogP contribution in [0.2, 0.25) is 0 Å². The summed E-state index contributed by atoms with van der Waals surface area (Å²) in [6.07, 6.45) is 3.57. The van der Waals surface area contributed by atoms with Crippen LogP contribution < -0.4 is 0 Å². The van der Waals surface area contributed by atoms with Crippen LogP contribution in [0.25, 0.3) is 22.1 Å². The van der Waals surface area contributed by atoms with Crippen LogP contribution in [0.1, 0.15) is 18.5 Å². The van der Waals surface area contributed by atoms with Gasteiger partial charge in [-0.1, -0.05) is 17.3 Å². The van der Waals surface area contributed by atoms with Crippen molar-refractivity contribution in [2.75, 3.05) is 0 Å². The molecule has 0 spiro atoms. The zero-order valence-corrected chi connectivity index (χ0v) is 11.5. The lowest BCUT2D eigenvalue weighted by Crippen LogP contribution is -2.09. The minimum Gasteiger partial charge on any atom is -0.256 e. The first kappa shape index (κ1) is 12.0. The van der Waals surface area contributed by atoms with E-state index < -0.39 is 0 Å². The lowest BCUT2D eigenvalue weighted by Gasteiger charge is -2.13. The van der Waals surface area contributed by atoms with Crippen LogP contribution in [0.4, 0.5) is 0 Å². The lowest BCUT2D eigenvalue weighted by atomic mass is 10.1. The molecule has 3 aromatic heterocycles. The van der Waals surface area contributed by atoms with Crippen molar-refractivity contribution in [1.82, 2.24) is 25.0 Å². The van der Waals surface area contributed by atoms with Gasteiger partial charge in [0.15, 0.2) is 5.65 Å². The summed E-state index contributed by atoms with van der Waals surface area (Å²) in [7, 11) is 0. The molecule has 0 aliphatic carbocycles. The highest BCUT2D eigenvalue weighted by atomic mass is 15.4. The Hall–Kier alpha value is -2.82. The second-order valence-corrected chi connectivity index (χ2v) is 5.01. The molecule has 0 aliphatic heterocycles. The van der Waals surface area contributed by atoms with Crippen molar-refractivity contribution < 1.29 is 0 Å². The van der Waals surface area contributed by atoms with Crippen LogP contribution >= 0.6 is 0 Å². The highest BCUT2D eigenvalue weighted by Crippen LogP contribution is 2.23. The van der Waals surface area contributed by atoms with Gasteiger partial charge in [0.25, 0.3) is 0 Å². The van der Waals surface area contributed by atoms with E-state index in [1.807, 2.05) is 28.9 Å². The van der Waals surface area contributed by atoms with E-state index in [1.54, 1.807) is 12.4 Å². The van der Waals surface area contributed by atoms with Gasteiger partial charge in [-0.15, -0.1) is 5.10 Å². The summed E-state index contributed by atoms with van der Waals surface area (Å²) in [6, 6.07) is 14.1. The molecule has 21 heavy (non-hydrogen) atoms. The summed E-state index contributed by atoms with van der Waals surface area (Å²) in [5.74, 6) is 0. The number of pyridine rings is 2. The average molecular weight is 275 g/mol. The van der Waals surface area contributed by atoms with E-state index in [0.29, 0.717) is 0 Å². The Morgan fingerprint density at radius 2 is 1.81 bits per heavy atom. The van der Waals surface area contributed by atoms with Crippen molar-refractivity contribution in [2.45, 2.75) is 13.0 Å². The molecule has 0 amide bonds. The Balaban J connectivity index is 1.83. The van der Waals surface area contributed by atoms with E-state index in [4.69, 9.17) is 0 Å². The number of fused-ring (bicyclic) bond motifs is 2. The maximum absolute atomic E-state index is 4.38. The Bertz CT molecular complexity index is 928. The van der Waals surface area contributed by atoms with Gasteiger partial charge in [-0.2, -0.15) is 0 Å². The topological polar surface area (TPSA) is 56.5 Å². The van der Waals surface area contributed by atoms with E-state index in [2.05, 4.69) is 45.4 Å². The first-order chi connectivity index (χ1) is 10.3. The standard InChI is InChI=1S/C16H13N5/c1-11(21-16-15(19-20-21)5-3-9-18-16)12-6-7-14-13(10-12)4-2-8-17-14/h2-11H,1H3. The maximum Gasteiger partial charge on any atom is 0.179 e. The summed E-state index contributed by atoms with van der Waals surface area (Å²) in [6.45, 7) is 2.10. The van der Waals surface area contributed by atoms with Crippen LogP contribution in [-0.2, 0) is 0 Å². The summed E-state index contributed by atoms with van der Waals surface area (Å²) in [5, 5.41) is 9.53. The fraction of sp³-hybridized carbons (Fsp3) is 0.125. The Morgan fingerprint density at radius 1 is 0.952 bits per heavy atom. The monoisotopic (exact) mass is 275 g/mol. The molecule has 102 valence electrons. The van der Waals surface area contributed by atoms with Crippen molar-refractivity contribution in [3.63, 3.8) is 0 Å². The molecular weight excluding hydrogens is 262 g/mol. The van der Waals surface area contributed by atoms with E-state index in [0.717, 1.165) is 27.6 Å². The molecule has 3 heterocycles. The number of hydrogen-bond donors (Lipinski definition) is 0. The number of rotatable bonds is 2. The Morgan fingerprint density at radius 3 is 2.76 bits per heavy atom. The van der Waals surface area contributed by atoms with Crippen LogP contribution in [0.3, 0.4) is 0 Å². The minimum atomic E-state index is 0.0644. The molecule has 0 aliphatic rings. The molecule has 1 unspecified atom stereocenters. The summed E-state index contributed by atoms with van der Waals surface area (Å²) in [4.78, 5) is 8.72. The van der Waals surface area contributed by atoms with Gasteiger partial charge in [-0.3, -0.25) is 4.98 Å². The van der Waals surface area contributed by atoms with Crippen LogP contribution in [-0.4, -0.2) is 25.0 Å². The molecule has 5 heteroatoms. The molecule has 0 radical (unpaired) electrons. The molecule has 1 aromatic carbocycles. The Kier molecular flexibility index (Phi) is 2.64. The average Bonchev–Trinajstić information content (AvgIpc) is 2.98. The smallest absolute Gasteiger partial charge is 0.179 e. The van der Waals surface area contributed by atoms with Crippen molar-refractivity contribution in [3.05, 3.63) is 60.4 Å². The highest BCUT2D eigenvalue weighted by Gasteiger charge is 2.14. The molecule has 0 saturated heterocycles. The normalized spacial score (nSPS) is 12.8. The van der Waals surface area contributed by atoms with Gasteiger partial charge in [0, 0.05) is 17.8 Å². The van der Waals surface area contributed by atoms with Crippen molar-refractivity contribution >= 4 is 22.1 Å². The van der Waals surface area contributed by atoms with Gasteiger partial charge >= 0.3 is 0 Å². The predicted octanol–water partition coefficient (Wildman–Crippen LogP) is 2.98. The van der Waals surface area contributed by atoms with Gasteiger partial charge < -0.3 is 0 Å². The van der Waals surface area contributed by atoms with Crippen molar-refractivity contribution in [3.8, 4) is 0 Å². The van der Waals surface area contributed by atoms with Crippen LogP contribution in [0, 0.1) is 0 Å². The predicted molar refractivity (Wildman–Crippen MR) is 80.9 cm³/mol.